The Morgan fingerprint density at radius 2 is 0.860 bits per heavy atom. The average Bonchev–Trinajstić information content (AvgIpc) is 3.72. The molecule has 0 unspecified atom stereocenters. The Balaban J connectivity index is 1.25. The van der Waals surface area contributed by atoms with Crippen LogP contribution < -0.4 is 0 Å². The molecule has 3 heterocycles. The molecule has 0 aliphatic heterocycles. The van der Waals surface area contributed by atoms with E-state index in [9.17, 15) is 0 Å². The highest BCUT2D eigenvalue weighted by atomic mass is 15.2. The second-order valence-corrected chi connectivity index (χ2v) is 12.4. The zero-order valence-corrected chi connectivity index (χ0v) is 26.8. The van der Waals surface area contributed by atoms with Crippen LogP contribution in [0, 0.1) is 0 Å². The highest BCUT2D eigenvalue weighted by molar-refractivity contribution is 6.11. The van der Waals surface area contributed by atoms with Crippen molar-refractivity contribution in [3.63, 3.8) is 0 Å². The standard InChI is InChI=1S/C43H27N7/c1-4-14-27(15-5-1)38-44-39(28-16-6-2-7-17-28)46-41(45-38)42-47-40(29-18-8-3-9-19-29)48-43(49-42)50-36-23-13-12-22-33(36)35-25-31-24-30-20-10-11-21-32(30)34(31)26-37(35)50/h1-23,25-26H,24H2. The molecule has 7 nitrogen and oxygen atoms in total. The molecular weight excluding hydrogens is 615 g/mol. The van der Waals surface area contributed by atoms with E-state index >= 15 is 0 Å². The first-order valence-electron chi connectivity index (χ1n) is 16.6. The number of para-hydroxylation sites is 1. The van der Waals surface area contributed by atoms with E-state index in [1.165, 1.54) is 22.3 Å². The molecule has 0 saturated carbocycles. The van der Waals surface area contributed by atoms with Gasteiger partial charge in [-0.15, -0.1) is 0 Å². The van der Waals surface area contributed by atoms with Gasteiger partial charge >= 0.3 is 0 Å². The van der Waals surface area contributed by atoms with Gasteiger partial charge in [-0.3, -0.25) is 4.57 Å². The van der Waals surface area contributed by atoms with Gasteiger partial charge < -0.3 is 0 Å². The Hall–Kier alpha value is -6.86. The molecule has 0 fully saturated rings. The van der Waals surface area contributed by atoms with Gasteiger partial charge in [0.05, 0.1) is 11.0 Å². The third-order valence-electron chi connectivity index (χ3n) is 9.34. The Morgan fingerprint density at radius 1 is 0.360 bits per heavy atom. The molecule has 0 bridgehead atoms. The molecular formula is C43H27N7. The summed E-state index contributed by atoms with van der Waals surface area (Å²) in [6, 6.07) is 51.6. The highest BCUT2D eigenvalue weighted by Crippen LogP contribution is 2.42. The van der Waals surface area contributed by atoms with E-state index in [0.29, 0.717) is 35.1 Å². The molecule has 0 N–H and O–H groups in total. The normalized spacial score (nSPS) is 11.9. The monoisotopic (exact) mass is 641 g/mol. The van der Waals surface area contributed by atoms with Gasteiger partial charge in [-0.25, -0.2) is 19.9 Å². The number of nitrogens with zero attached hydrogens (tertiary/aromatic N) is 7. The zero-order chi connectivity index (χ0) is 33.0. The lowest BCUT2D eigenvalue weighted by Gasteiger charge is -2.12. The van der Waals surface area contributed by atoms with Crippen molar-refractivity contribution in [2.75, 3.05) is 0 Å². The van der Waals surface area contributed by atoms with Gasteiger partial charge in [0.15, 0.2) is 17.5 Å². The topological polar surface area (TPSA) is 82.3 Å². The Labute approximate surface area is 287 Å². The van der Waals surface area contributed by atoms with Gasteiger partial charge in [0.1, 0.15) is 0 Å². The van der Waals surface area contributed by atoms with E-state index in [1.807, 2.05) is 91.0 Å². The molecule has 0 atom stereocenters. The van der Waals surface area contributed by atoms with Gasteiger partial charge in [-0.1, -0.05) is 133 Å². The molecule has 1 aliphatic carbocycles. The first-order chi connectivity index (χ1) is 24.8. The van der Waals surface area contributed by atoms with Gasteiger partial charge in [0.25, 0.3) is 0 Å². The summed E-state index contributed by atoms with van der Waals surface area (Å²) in [6.45, 7) is 0. The van der Waals surface area contributed by atoms with Gasteiger partial charge in [0.2, 0.25) is 17.6 Å². The summed E-state index contributed by atoms with van der Waals surface area (Å²) in [5, 5.41) is 2.30. The molecule has 10 rings (SSSR count). The van der Waals surface area contributed by atoms with Crippen LogP contribution in [0.5, 0.6) is 0 Å². The molecule has 0 spiro atoms. The van der Waals surface area contributed by atoms with Crippen molar-refractivity contribution < 1.29 is 0 Å². The number of hydrogen-bond donors (Lipinski definition) is 0. The van der Waals surface area contributed by atoms with E-state index in [4.69, 9.17) is 29.9 Å². The Bertz CT molecular complexity index is 2660. The minimum atomic E-state index is 0.364. The summed E-state index contributed by atoms with van der Waals surface area (Å²) in [5.74, 6) is 2.85. The lowest BCUT2D eigenvalue weighted by Crippen LogP contribution is -2.09. The lowest BCUT2D eigenvalue weighted by molar-refractivity contribution is 0.934. The SMILES string of the molecule is c1ccc(-c2nc(-c3ccccc3)nc(-c3nc(-c4ccccc4)nc(-n4c5ccccc5c5cc6c(cc54)-c4ccccc4C6)n3)n2)cc1. The van der Waals surface area contributed by atoms with E-state index in [2.05, 4.69) is 65.2 Å². The van der Waals surface area contributed by atoms with E-state index < -0.39 is 0 Å². The summed E-state index contributed by atoms with van der Waals surface area (Å²) >= 11 is 0. The summed E-state index contributed by atoms with van der Waals surface area (Å²) in [7, 11) is 0. The lowest BCUT2D eigenvalue weighted by atomic mass is 10.0. The fourth-order valence-corrected chi connectivity index (χ4v) is 7.00. The first-order valence-corrected chi connectivity index (χ1v) is 16.6. The molecule has 234 valence electrons. The Kier molecular flexibility index (Phi) is 6.42. The van der Waals surface area contributed by atoms with Crippen molar-refractivity contribution in [2.24, 2.45) is 0 Å². The van der Waals surface area contributed by atoms with Crippen molar-refractivity contribution in [2.45, 2.75) is 6.42 Å². The van der Waals surface area contributed by atoms with Crippen molar-refractivity contribution in [1.82, 2.24) is 34.5 Å². The maximum Gasteiger partial charge on any atom is 0.238 e. The number of hydrogen-bond acceptors (Lipinski definition) is 6. The second kappa shape index (κ2) is 11.4. The predicted molar refractivity (Wildman–Crippen MR) is 198 cm³/mol. The third kappa shape index (κ3) is 4.67. The van der Waals surface area contributed by atoms with Gasteiger partial charge in [-0.05, 0) is 46.9 Å². The molecule has 0 saturated heterocycles. The van der Waals surface area contributed by atoms with Crippen molar-refractivity contribution in [3.8, 4) is 62.9 Å². The summed E-state index contributed by atoms with van der Waals surface area (Å²) in [6.07, 6.45) is 0.919. The van der Waals surface area contributed by atoms with Crippen molar-refractivity contribution in [1.29, 1.82) is 0 Å². The molecule has 0 radical (unpaired) electrons. The second-order valence-electron chi connectivity index (χ2n) is 12.4. The van der Waals surface area contributed by atoms with Crippen LogP contribution >= 0.6 is 0 Å². The zero-order valence-electron chi connectivity index (χ0n) is 26.8. The smallest absolute Gasteiger partial charge is 0.238 e. The van der Waals surface area contributed by atoms with Crippen LogP contribution in [0.4, 0.5) is 0 Å². The molecule has 1 aliphatic rings. The molecule has 6 aromatic carbocycles. The fraction of sp³-hybridized carbons (Fsp3) is 0.0233. The van der Waals surface area contributed by atoms with Crippen LogP contribution in [0.15, 0.2) is 152 Å². The minimum Gasteiger partial charge on any atom is -0.278 e. The quantitative estimate of drug-likeness (QED) is 0.186. The van der Waals surface area contributed by atoms with Crippen LogP contribution in [0.1, 0.15) is 11.1 Å². The predicted octanol–water partition coefficient (Wildman–Crippen LogP) is 9.39. The number of benzene rings is 6. The summed E-state index contributed by atoms with van der Waals surface area (Å²) in [5.41, 5.74) is 9.86. The minimum absolute atomic E-state index is 0.364. The number of rotatable bonds is 5. The van der Waals surface area contributed by atoms with Crippen molar-refractivity contribution >= 4 is 21.8 Å². The largest absolute Gasteiger partial charge is 0.278 e. The average molecular weight is 642 g/mol. The third-order valence-corrected chi connectivity index (χ3v) is 9.34. The van der Waals surface area contributed by atoms with Crippen LogP contribution in [0.25, 0.3) is 84.7 Å². The van der Waals surface area contributed by atoms with E-state index in [-0.39, 0.29) is 0 Å². The number of fused-ring (bicyclic) bond motifs is 6. The molecule has 7 heteroatoms. The van der Waals surface area contributed by atoms with E-state index in [0.717, 1.165) is 44.9 Å². The van der Waals surface area contributed by atoms with Gasteiger partial charge in [0, 0.05) is 27.5 Å². The molecule has 3 aromatic heterocycles. The Morgan fingerprint density at radius 3 is 1.52 bits per heavy atom. The van der Waals surface area contributed by atoms with Crippen LogP contribution in [-0.2, 0) is 6.42 Å². The molecule has 9 aromatic rings. The highest BCUT2D eigenvalue weighted by Gasteiger charge is 2.24. The van der Waals surface area contributed by atoms with Crippen LogP contribution in [0.2, 0.25) is 0 Å². The van der Waals surface area contributed by atoms with Crippen molar-refractivity contribution in [3.05, 3.63) is 163 Å². The summed E-state index contributed by atoms with van der Waals surface area (Å²) in [4.78, 5) is 30.1. The van der Waals surface area contributed by atoms with Gasteiger partial charge in [-0.2, -0.15) is 9.97 Å². The molecule has 50 heavy (non-hydrogen) atoms. The maximum absolute atomic E-state index is 5.17. The van der Waals surface area contributed by atoms with Crippen LogP contribution in [0.3, 0.4) is 0 Å². The molecule has 0 amide bonds. The first kappa shape index (κ1) is 28.2. The summed E-state index contributed by atoms with van der Waals surface area (Å²) < 4.78 is 2.15. The van der Waals surface area contributed by atoms with Crippen LogP contribution in [-0.4, -0.2) is 34.5 Å². The maximum atomic E-state index is 5.17. The van der Waals surface area contributed by atoms with E-state index in [1.54, 1.807) is 0 Å². The number of aromatic nitrogens is 7. The fourth-order valence-electron chi connectivity index (χ4n) is 7.00.